The maximum absolute atomic E-state index is 12.9. The number of ether oxygens (including phenoxy) is 3. The SMILES string of the molecule is COC(=O)c1ccc(COC(CN2CCN(C(=O)c3ccc(C)cc3)CC2)c2cccc(OC)c2)cc1. The van der Waals surface area contributed by atoms with Crippen molar-refractivity contribution in [1.29, 1.82) is 0 Å². The number of rotatable bonds is 9. The van der Waals surface area contributed by atoms with Gasteiger partial charge in [-0.25, -0.2) is 4.79 Å². The molecule has 7 heteroatoms. The van der Waals surface area contributed by atoms with Crippen molar-refractivity contribution in [2.24, 2.45) is 0 Å². The van der Waals surface area contributed by atoms with Crippen LogP contribution in [0.25, 0.3) is 0 Å². The molecule has 0 N–H and O–H groups in total. The van der Waals surface area contributed by atoms with E-state index in [9.17, 15) is 9.59 Å². The van der Waals surface area contributed by atoms with Gasteiger partial charge in [-0.1, -0.05) is 42.0 Å². The molecule has 0 aliphatic carbocycles. The standard InChI is InChI=1S/C30H34N2O5/c1-22-7-11-24(12-8-22)29(33)32-17-15-31(16-18-32)20-28(26-5-4-6-27(19-26)35-2)37-21-23-9-13-25(14-10-23)30(34)36-3/h4-14,19,28H,15-18,20-21H2,1-3H3. The quantitative estimate of drug-likeness (QED) is 0.401. The van der Waals surface area contributed by atoms with Crippen molar-refractivity contribution in [3.63, 3.8) is 0 Å². The lowest BCUT2D eigenvalue weighted by Crippen LogP contribution is -2.49. The van der Waals surface area contributed by atoms with Crippen molar-refractivity contribution < 1.29 is 23.8 Å². The molecule has 37 heavy (non-hydrogen) atoms. The van der Waals surface area contributed by atoms with Crippen molar-refractivity contribution in [3.05, 3.63) is 101 Å². The number of benzene rings is 3. The fraction of sp³-hybridized carbons (Fsp3) is 0.333. The molecule has 1 saturated heterocycles. The highest BCUT2D eigenvalue weighted by Gasteiger charge is 2.25. The van der Waals surface area contributed by atoms with Gasteiger partial charge in [0.2, 0.25) is 0 Å². The molecule has 0 bridgehead atoms. The first-order chi connectivity index (χ1) is 18.0. The van der Waals surface area contributed by atoms with E-state index in [2.05, 4.69) is 4.90 Å². The summed E-state index contributed by atoms with van der Waals surface area (Å²) < 4.78 is 16.6. The number of carbonyl (C=O) groups is 2. The van der Waals surface area contributed by atoms with E-state index in [1.807, 2.05) is 72.5 Å². The van der Waals surface area contributed by atoms with Crippen LogP contribution in [0.15, 0.2) is 72.8 Å². The molecule has 1 fully saturated rings. The number of methoxy groups -OCH3 is 2. The topological polar surface area (TPSA) is 68.3 Å². The fourth-order valence-electron chi connectivity index (χ4n) is 4.39. The second-order valence-electron chi connectivity index (χ2n) is 9.22. The lowest BCUT2D eigenvalue weighted by atomic mass is 10.1. The molecule has 1 aliphatic heterocycles. The molecule has 0 aromatic heterocycles. The third-order valence-corrected chi connectivity index (χ3v) is 6.67. The average Bonchev–Trinajstić information content (AvgIpc) is 2.95. The van der Waals surface area contributed by atoms with Gasteiger partial charge >= 0.3 is 5.97 Å². The summed E-state index contributed by atoms with van der Waals surface area (Å²) >= 11 is 0. The summed E-state index contributed by atoms with van der Waals surface area (Å²) in [6.07, 6.45) is -0.185. The summed E-state index contributed by atoms with van der Waals surface area (Å²) in [4.78, 5) is 28.9. The molecule has 0 saturated carbocycles. The van der Waals surface area contributed by atoms with Gasteiger partial charge in [0.15, 0.2) is 0 Å². The van der Waals surface area contributed by atoms with Gasteiger partial charge in [0.05, 0.1) is 32.5 Å². The number of aryl methyl sites for hydroxylation is 1. The van der Waals surface area contributed by atoms with E-state index in [-0.39, 0.29) is 18.0 Å². The molecule has 1 atom stereocenters. The van der Waals surface area contributed by atoms with E-state index in [0.717, 1.165) is 41.1 Å². The molecule has 1 aliphatic rings. The van der Waals surface area contributed by atoms with Gasteiger partial charge in [-0.15, -0.1) is 0 Å². The van der Waals surface area contributed by atoms with Crippen LogP contribution in [0.4, 0.5) is 0 Å². The fourth-order valence-corrected chi connectivity index (χ4v) is 4.39. The molecule has 0 spiro atoms. The number of hydrogen-bond donors (Lipinski definition) is 0. The summed E-state index contributed by atoms with van der Waals surface area (Å²) in [6, 6.07) is 22.9. The molecule has 1 unspecified atom stereocenters. The summed E-state index contributed by atoms with van der Waals surface area (Å²) in [7, 11) is 3.03. The summed E-state index contributed by atoms with van der Waals surface area (Å²) in [6.45, 7) is 6.00. The monoisotopic (exact) mass is 502 g/mol. The predicted molar refractivity (Wildman–Crippen MR) is 142 cm³/mol. The van der Waals surface area contributed by atoms with Crippen molar-refractivity contribution in [3.8, 4) is 5.75 Å². The molecule has 0 radical (unpaired) electrons. The molecule has 7 nitrogen and oxygen atoms in total. The largest absolute Gasteiger partial charge is 0.497 e. The second-order valence-corrected chi connectivity index (χ2v) is 9.22. The minimum atomic E-state index is -0.360. The molecule has 3 aromatic carbocycles. The van der Waals surface area contributed by atoms with Gasteiger partial charge in [0, 0.05) is 38.3 Å². The Morgan fingerprint density at radius 1 is 0.865 bits per heavy atom. The molecule has 1 heterocycles. The van der Waals surface area contributed by atoms with Gasteiger partial charge in [-0.05, 0) is 54.4 Å². The van der Waals surface area contributed by atoms with Gasteiger partial charge in [0.1, 0.15) is 5.75 Å². The molecule has 194 valence electrons. The second kappa shape index (κ2) is 12.5. The Bertz CT molecular complexity index is 1190. The number of amides is 1. The van der Waals surface area contributed by atoms with E-state index in [1.165, 1.54) is 7.11 Å². The number of nitrogens with zero attached hydrogens (tertiary/aromatic N) is 2. The van der Waals surface area contributed by atoms with Gasteiger partial charge in [-0.2, -0.15) is 0 Å². The van der Waals surface area contributed by atoms with Crippen LogP contribution in [-0.2, 0) is 16.1 Å². The Morgan fingerprint density at radius 3 is 2.19 bits per heavy atom. The summed E-state index contributed by atoms with van der Waals surface area (Å²) in [5, 5.41) is 0. The van der Waals surface area contributed by atoms with Crippen molar-refractivity contribution in [1.82, 2.24) is 9.80 Å². The van der Waals surface area contributed by atoms with E-state index < -0.39 is 0 Å². The van der Waals surface area contributed by atoms with Gasteiger partial charge in [0.25, 0.3) is 5.91 Å². The van der Waals surface area contributed by atoms with Crippen LogP contribution in [-0.4, -0.2) is 68.6 Å². The van der Waals surface area contributed by atoms with E-state index in [0.29, 0.717) is 31.8 Å². The van der Waals surface area contributed by atoms with Crippen molar-refractivity contribution >= 4 is 11.9 Å². The molecular weight excluding hydrogens is 468 g/mol. The molecular formula is C30H34N2O5. The predicted octanol–water partition coefficient (Wildman–Crippen LogP) is 4.51. The summed E-state index contributed by atoms with van der Waals surface area (Å²) in [5.74, 6) is 0.499. The zero-order valence-corrected chi connectivity index (χ0v) is 21.7. The first-order valence-electron chi connectivity index (χ1n) is 12.5. The number of piperazine rings is 1. The van der Waals surface area contributed by atoms with Crippen LogP contribution >= 0.6 is 0 Å². The number of hydrogen-bond acceptors (Lipinski definition) is 6. The number of carbonyl (C=O) groups excluding carboxylic acids is 2. The molecule has 3 aromatic rings. The lowest BCUT2D eigenvalue weighted by Gasteiger charge is -2.36. The normalized spacial score (nSPS) is 14.7. The van der Waals surface area contributed by atoms with Crippen LogP contribution in [0, 0.1) is 6.92 Å². The Labute approximate surface area is 218 Å². The maximum atomic E-state index is 12.9. The Hall–Kier alpha value is -3.68. The zero-order valence-electron chi connectivity index (χ0n) is 21.7. The van der Waals surface area contributed by atoms with E-state index >= 15 is 0 Å². The van der Waals surface area contributed by atoms with Crippen molar-refractivity contribution in [2.75, 3.05) is 46.9 Å². The minimum absolute atomic E-state index is 0.0793. The Morgan fingerprint density at radius 2 is 1.54 bits per heavy atom. The third kappa shape index (κ3) is 6.96. The maximum Gasteiger partial charge on any atom is 0.337 e. The highest BCUT2D eigenvalue weighted by molar-refractivity contribution is 5.94. The smallest absolute Gasteiger partial charge is 0.337 e. The molecule has 4 rings (SSSR count). The Balaban J connectivity index is 1.40. The molecule has 1 amide bonds. The number of esters is 1. The highest BCUT2D eigenvalue weighted by Crippen LogP contribution is 2.25. The van der Waals surface area contributed by atoms with E-state index in [1.54, 1.807) is 19.2 Å². The lowest BCUT2D eigenvalue weighted by molar-refractivity contribution is 0.00331. The van der Waals surface area contributed by atoms with Crippen LogP contribution in [0.2, 0.25) is 0 Å². The Kier molecular flexibility index (Phi) is 8.93. The minimum Gasteiger partial charge on any atom is -0.497 e. The third-order valence-electron chi connectivity index (χ3n) is 6.67. The van der Waals surface area contributed by atoms with Gasteiger partial charge < -0.3 is 19.1 Å². The van der Waals surface area contributed by atoms with Crippen LogP contribution in [0.1, 0.15) is 43.5 Å². The van der Waals surface area contributed by atoms with Crippen LogP contribution < -0.4 is 4.74 Å². The zero-order chi connectivity index (χ0) is 26.2. The van der Waals surface area contributed by atoms with Crippen LogP contribution in [0.5, 0.6) is 5.75 Å². The first kappa shape index (κ1) is 26.4. The van der Waals surface area contributed by atoms with Crippen LogP contribution in [0.3, 0.4) is 0 Å². The highest BCUT2D eigenvalue weighted by atomic mass is 16.5. The van der Waals surface area contributed by atoms with Crippen molar-refractivity contribution in [2.45, 2.75) is 19.6 Å². The first-order valence-corrected chi connectivity index (χ1v) is 12.5. The summed E-state index contributed by atoms with van der Waals surface area (Å²) in [5.41, 5.74) is 4.38. The van der Waals surface area contributed by atoms with Gasteiger partial charge in [-0.3, -0.25) is 9.69 Å². The average molecular weight is 503 g/mol. The van der Waals surface area contributed by atoms with E-state index in [4.69, 9.17) is 14.2 Å².